The summed E-state index contributed by atoms with van der Waals surface area (Å²) in [5, 5.41) is 3.43. The van der Waals surface area contributed by atoms with E-state index in [0.717, 1.165) is 17.2 Å². The summed E-state index contributed by atoms with van der Waals surface area (Å²) >= 11 is 1.73. The molecule has 0 amide bonds. The van der Waals surface area contributed by atoms with Crippen LogP contribution in [0.3, 0.4) is 0 Å². The lowest BCUT2D eigenvalue weighted by molar-refractivity contribution is 0.624. The van der Waals surface area contributed by atoms with E-state index in [9.17, 15) is 4.39 Å². The van der Waals surface area contributed by atoms with Gasteiger partial charge in [0.1, 0.15) is 5.82 Å². The highest BCUT2D eigenvalue weighted by Gasteiger charge is 2.13. The lowest BCUT2D eigenvalue weighted by atomic mass is 10.3. The van der Waals surface area contributed by atoms with Crippen LogP contribution in [0.15, 0.2) is 29.2 Å². The van der Waals surface area contributed by atoms with Crippen molar-refractivity contribution < 1.29 is 4.39 Å². The minimum atomic E-state index is -0.144. The molecule has 0 unspecified atom stereocenters. The van der Waals surface area contributed by atoms with Gasteiger partial charge >= 0.3 is 0 Å². The average molecular weight is 211 g/mol. The van der Waals surface area contributed by atoms with Crippen LogP contribution in [0.5, 0.6) is 0 Å². The van der Waals surface area contributed by atoms with Crippen molar-refractivity contribution in [2.45, 2.75) is 23.8 Å². The van der Waals surface area contributed by atoms with Crippen LogP contribution in [-0.4, -0.2) is 18.3 Å². The Morgan fingerprint density at radius 3 is 3.14 bits per heavy atom. The summed E-state index contributed by atoms with van der Waals surface area (Å²) in [4.78, 5) is 1.03. The molecule has 1 nitrogen and oxygen atoms in total. The largest absolute Gasteiger partial charge is 0.313 e. The minimum Gasteiger partial charge on any atom is -0.313 e. The van der Waals surface area contributed by atoms with Gasteiger partial charge in [-0.15, -0.1) is 11.8 Å². The minimum absolute atomic E-state index is 0.144. The Labute approximate surface area is 88.1 Å². The van der Waals surface area contributed by atoms with Crippen LogP contribution >= 0.6 is 11.8 Å². The zero-order valence-electron chi connectivity index (χ0n) is 8.00. The second kappa shape index (κ2) is 4.80. The van der Waals surface area contributed by atoms with E-state index in [-0.39, 0.29) is 5.82 Å². The van der Waals surface area contributed by atoms with Crippen LogP contribution in [0.1, 0.15) is 12.8 Å². The number of thioether (sulfide) groups is 1. The standard InChI is InChI=1S/C11H14FNS/c12-9-3-1-5-11(7-9)14-8-10-4-2-6-13-10/h1,3,5,7,10,13H,2,4,6,8H2/t10-/m0/s1. The first-order valence-corrected chi connectivity index (χ1v) is 5.95. The first-order valence-electron chi connectivity index (χ1n) is 4.96. The van der Waals surface area contributed by atoms with Gasteiger partial charge in [0.2, 0.25) is 0 Å². The predicted octanol–water partition coefficient (Wildman–Crippen LogP) is 2.67. The predicted molar refractivity (Wildman–Crippen MR) is 58.1 cm³/mol. The van der Waals surface area contributed by atoms with Gasteiger partial charge in [0.25, 0.3) is 0 Å². The van der Waals surface area contributed by atoms with E-state index in [1.165, 1.54) is 18.9 Å². The first-order chi connectivity index (χ1) is 6.84. The van der Waals surface area contributed by atoms with Crippen molar-refractivity contribution in [1.82, 2.24) is 5.32 Å². The Morgan fingerprint density at radius 2 is 2.43 bits per heavy atom. The zero-order chi connectivity index (χ0) is 9.80. The SMILES string of the molecule is Fc1cccc(SC[C@@H]2CCCN2)c1. The molecule has 1 N–H and O–H groups in total. The van der Waals surface area contributed by atoms with Crippen LogP contribution in [0.4, 0.5) is 4.39 Å². The number of hydrogen-bond donors (Lipinski definition) is 1. The smallest absolute Gasteiger partial charge is 0.124 e. The van der Waals surface area contributed by atoms with Crippen molar-refractivity contribution in [3.8, 4) is 0 Å². The summed E-state index contributed by atoms with van der Waals surface area (Å²) in [5.41, 5.74) is 0. The second-order valence-electron chi connectivity index (χ2n) is 3.56. The second-order valence-corrected chi connectivity index (χ2v) is 4.66. The fourth-order valence-corrected chi connectivity index (χ4v) is 2.70. The molecule has 0 saturated carbocycles. The summed E-state index contributed by atoms with van der Waals surface area (Å²) in [5.74, 6) is 0.901. The van der Waals surface area contributed by atoms with Crippen LogP contribution in [0.2, 0.25) is 0 Å². The van der Waals surface area contributed by atoms with Gasteiger partial charge < -0.3 is 5.32 Å². The highest BCUT2D eigenvalue weighted by molar-refractivity contribution is 7.99. The highest BCUT2D eigenvalue weighted by Crippen LogP contribution is 2.21. The van der Waals surface area contributed by atoms with Crippen LogP contribution < -0.4 is 5.32 Å². The van der Waals surface area contributed by atoms with Crippen molar-refractivity contribution in [3.05, 3.63) is 30.1 Å². The molecule has 0 spiro atoms. The number of nitrogens with one attached hydrogen (secondary N) is 1. The molecule has 1 aliphatic heterocycles. The number of benzene rings is 1. The summed E-state index contributed by atoms with van der Waals surface area (Å²) in [7, 11) is 0. The highest BCUT2D eigenvalue weighted by atomic mass is 32.2. The van der Waals surface area contributed by atoms with E-state index >= 15 is 0 Å². The third-order valence-corrected chi connectivity index (χ3v) is 3.57. The Hall–Kier alpha value is -0.540. The Balaban J connectivity index is 1.85. The Morgan fingerprint density at radius 1 is 1.50 bits per heavy atom. The maximum atomic E-state index is 12.8. The molecule has 0 aliphatic carbocycles. The fourth-order valence-electron chi connectivity index (χ4n) is 1.65. The van der Waals surface area contributed by atoms with Gasteiger partial charge in [0.05, 0.1) is 0 Å². The van der Waals surface area contributed by atoms with Gasteiger partial charge in [-0.25, -0.2) is 4.39 Å². The van der Waals surface area contributed by atoms with Crippen LogP contribution in [-0.2, 0) is 0 Å². The molecule has 14 heavy (non-hydrogen) atoms. The summed E-state index contributed by atoms with van der Waals surface area (Å²) in [6, 6.07) is 7.42. The molecule has 0 aromatic heterocycles. The number of rotatable bonds is 3. The maximum Gasteiger partial charge on any atom is 0.124 e. The maximum absolute atomic E-state index is 12.8. The molecule has 2 rings (SSSR count). The van der Waals surface area contributed by atoms with E-state index in [1.807, 2.05) is 6.07 Å². The van der Waals surface area contributed by atoms with E-state index in [4.69, 9.17) is 0 Å². The topological polar surface area (TPSA) is 12.0 Å². The van der Waals surface area contributed by atoms with E-state index < -0.39 is 0 Å². The molecule has 1 saturated heterocycles. The van der Waals surface area contributed by atoms with Crippen LogP contribution in [0, 0.1) is 5.82 Å². The first kappa shape index (κ1) is 9.99. The summed E-state index contributed by atoms with van der Waals surface area (Å²) in [6.07, 6.45) is 2.52. The van der Waals surface area contributed by atoms with Gasteiger partial charge in [0.15, 0.2) is 0 Å². The monoisotopic (exact) mass is 211 g/mol. The molecule has 1 heterocycles. The van der Waals surface area contributed by atoms with Crippen molar-refractivity contribution in [3.63, 3.8) is 0 Å². The van der Waals surface area contributed by atoms with Crippen molar-refractivity contribution >= 4 is 11.8 Å². The molecule has 3 heteroatoms. The molecular formula is C11H14FNS. The van der Waals surface area contributed by atoms with Gasteiger partial charge in [-0.1, -0.05) is 6.07 Å². The van der Waals surface area contributed by atoms with E-state index in [1.54, 1.807) is 23.9 Å². The zero-order valence-corrected chi connectivity index (χ0v) is 8.82. The molecule has 1 atom stereocenters. The summed E-state index contributed by atoms with van der Waals surface area (Å²) in [6.45, 7) is 1.13. The average Bonchev–Trinajstić information content (AvgIpc) is 2.67. The molecule has 0 radical (unpaired) electrons. The number of hydrogen-bond acceptors (Lipinski definition) is 2. The third-order valence-electron chi connectivity index (χ3n) is 2.41. The lowest BCUT2D eigenvalue weighted by Crippen LogP contribution is -2.23. The van der Waals surface area contributed by atoms with Crippen molar-refractivity contribution in [2.75, 3.05) is 12.3 Å². The third kappa shape index (κ3) is 2.72. The fraction of sp³-hybridized carbons (Fsp3) is 0.455. The van der Waals surface area contributed by atoms with E-state index in [0.29, 0.717) is 6.04 Å². The van der Waals surface area contributed by atoms with Gasteiger partial charge in [-0.2, -0.15) is 0 Å². The molecule has 76 valence electrons. The quantitative estimate of drug-likeness (QED) is 0.771. The lowest BCUT2D eigenvalue weighted by Gasteiger charge is -2.08. The molecule has 0 bridgehead atoms. The molecule has 1 aromatic rings. The van der Waals surface area contributed by atoms with Gasteiger partial charge in [0, 0.05) is 16.7 Å². The summed E-state index contributed by atoms with van der Waals surface area (Å²) < 4.78 is 12.8. The molecule has 1 fully saturated rings. The van der Waals surface area contributed by atoms with Crippen molar-refractivity contribution in [1.29, 1.82) is 0 Å². The normalized spacial score (nSPS) is 21.4. The van der Waals surface area contributed by atoms with Gasteiger partial charge in [-0.3, -0.25) is 0 Å². The Kier molecular flexibility index (Phi) is 3.43. The Bertz CT molecular complexity index is 297. The van der Waals surface area contributed by atoms with Crippen molar-refractivity contribution in [2.24, 2.45) is 0 Å². The molecule has 1 aromatic carbocycles. The molecular weight excluding hydrogens is 197 g/mol. The molecule has 1 aliphatic rings. The van der Waals surface area contributed by atoms with E-state index in [2.05, 4.69) is 5.32 Å². The van der Waals surface area contributed by atoms with Gasteiger partial charge in [-0.05, 0) is 37.6 Å². The number of halogens is 1. The van der Waals surface area contributed by atoms with Crippen LogP contribution in [0.25, 0.3) is 0 Å².